The molecule has 1 aromatic carbocycles. The summed E-state index contributed by atoms with van der Waals surface area (Å²) in [6, 6.07) is 9.50. The van der Waals surface area contributed by atoms with Crippen LogP contribution in [0.1, 0.15) is 39.2 Å². The molecule has 114 valence electrons. The fourth-order valence-corrected chi connectivity index (χ4v) is 2.10. The number of rotatable bonds is 7. The Morgan fingerprint density at radius 1 is 1.24 bits per heavy atom. The number of esters is 1. The number of ether oxygens (including phenoxy) is 1. The van der Waals surface area contributed by atoms with Crippen molar-refractivity contribution in [2.45, 2.75) is 33.6 Å². The summed E-state index contributed by atoms with van der Waals surface area (Å²) >= 11 is 0. The van der Waals surface area contributed by atoms with Crippen molar-refractivity contribution in [2.75, 3.05) is 6.61 Å². The molecule has 0 aliphatic heterocycles. The van der Waals surface area contributed by atoms with Crippen molar-refractivity contribution in [3.63, 3.8) is 0 Å². The monoisotopic (exact) mass is 290 g/mol. The Balaban J connectivity index is 3.13. The lowest BCUT2D eigenvalue weighted by molar-refractivity contribution is -0.166. The van der Waals surface area contributed by atoms with Crippen LogP contribution in [0.15, 0.2) is 36.4 Å². The van der Waals surface area contributed by atoms with E-state index in [-0.39, 0.29) is 13.0 Å². The Morgan fingerprint density at radius 3 is 2.33 bits per heavy atom. The minimum atomic E-state index is -1.58. The van der Waals surface area contributed by atoms with E-state index in [1.165, 1.54) is 6.92 Å². The third kappa shape index (κ3) is 4.18. The van der Waals surface area contributed by atoms with Gasteiger partial charge in [0.05, 0.1) is 6.61 Å². The molecule has 0 heterocycles. The van der Waals surface area contributed by atoms with Gasteiger partial charge in [-0.2, -0.15) is 0 Å². The maximum absolute atomic E-state index is 12.0. The Kier molecular flexibility index (Phi) is 6.15. The molecule has 0 fully saturated rings. The van der Waals surface area contributed by atoms with E-state index in [2.05, 4.69) is 0 Å². The van der Waals surface area contributed by atoms with Gasteiger partial charge in [-0.3, -0.25) is 9.59 Å². The van der Waals surface area contributed by atoms with E-state index in [9.17, 15) is 14.7 Å². The summed E-state index contributed by atoms with van der Waals surface area (Å²) in [5.41, 5.74) is 0.194. The van der Waals surface area contributed by atoms with E-state index in [1.54, 1.807) is 6.92 Å². The molecule has 0 aliphatic rings. The SMILES string of the molecule is CCC=C(CC(C)(C(=O)O)C(=O)OCC)c1ccccc1. The third-order valence-electron chi connectivity index (χ3n) is 3.34. The fourth-order valence-electron chi connectivity index (χ4n) is 2.10. The number of allylic oxidation sites excluding steroid dienone is 2. The average Bonchev–Trinajstić information content (AvgIpc) is 2.47. The van der Waals surface area contributed by atoms with Crippen LogP contribution < -0.4 is 0 Å². The van der Waals surface area contributed by atoms with Crippen molar-refractivity contribution in [1.29, 1.82) is 0 Å². The molecule has 1 rings (SSSR count). The molecule has 0 aromatic heterocycles. The highest BCUT2D eigenvalue weighted by atomic mass is 16.5. The van der Waals surface area contributed by atoms with Crippen LogP contribution in [0.2, 0.25) is 0 Å². The van der Waals surface area contributed by atoms with Gasteiger partial charge in [0.25, 0.3) is 0 Å². The first kappa shape index (κ1) is 17.0. The second kappa shape index (κ2) is 7.62. The molecule has 0 saturated heterocycles. The summed E-state index contributed by atoms with van der Waals surface area (Å²) in [5, 5.41) is 9.47. The van der Waals surface area contributed by atoms with Crippen LogP contribution in [0.5, 0.6) is 0 Å². The van der Waals surface area contributed by atoms with Gasteiger partial charge in [0.1, 0.15) is 0 Å². The number of benzene rings is 1. The standard InChI is InChI=1S/C17H22O4/c1-4-9-14(13-10-7-6-8-11-13)12-17(3,15(18)19)16(20)21-5-2/h6-11H,4-5,12H2,1-3H3,(H,18,19). The molecule has 1 aromatic rings. The second-order valence-electron chi connectivity index (χ2n) is 5.04. The highest BCUT2D eigenvalue weighted by Crippen LogP contribution is 2.33. The number of aliphatic carboxylic acids is 1. The molecule has 1 N–H and O–H groups in total. The van der Waals surface area contributed by atoms with Crippen molar-refractivity contribution in [1.82, 2.24) is 0 Å². The molecule has 0 bridgehead atoms. The Hall–Kier alpha value is -2.10. The molecule has 0 spiro atoms. The number of carboxylic acids is 1. The van der Waals surface area contributed by atoms with Gasteiger partial charge in [0.15, 0.2) is 5.41 Å². The van der Waals surface area contributed by atoms with Gasteiger partial charge in [0.2, 0.25) is 0 Å². The Bertz CT molecular complexity index is 519. The van der Waals surface area contributed by atoms with E-state index in [1.807, 2.05) is 43.3 Å². The topological polar surface area (TPSA) is 63.6 Å². The smallest absolute Gasteiger partial charge is 0.323 e. The van der Waals surface area contributed by atoms with Crippen molar-refractivity contribution >= 4 is 17.5 Å². The van der Waals surface area contributed by atoms with Crippen molar-refractivity contribution in [3.8, 4) is 0 Å². The minimum Gasteiger partial charge on any atom is -0.480 e. The summed E-state index contributed by atoms with van der Waals surface area (Å²) in [5.74, 6) is -1.87. The largest absolute Gasteiger partial charge is 0.480 e. The van der Waals surface area contributed by atoms with Crippen LogP contribution in [0, 0.1) is 5.41 Å². The number of carbonyl (C=O) groups is 2. The van der Waals surface area contributed by atoms with Crippen molar-refractivity contribution < 1.29 is 19.4 Å². The van der Waals surface area contributed by atoms with Crippen LogP contribution >= 0.6 is 0 Å². The van der Waals surface area contributed by atoms with Gasteiger partial charge in [-0.1, -0.05) is 43.3 Å². The summed E-state index contributed by atoms with van der Waals surface area (Å²) in [4.78, 5) is 23.6. The summed E-state index contributed by atoms with van der Waals surface area (Å²) in [6.07, 6.45) is 2.83. The molecule has 21 heavy (non-hydrogen) atoms. The zero-order valence-electron chi connectivity index (χ0n) is 12.8. The van der Waals surface area contributed by atoms with E-state index in [4.69, 9.17) is 4.74 Å². The fraction of sp³-hybridized carbons (Fsp3) is 0.412. The van der Waals surface area contributed by atoms with E-state index in [0.29, 0.717) is 0 Å². The lowest BCUT2D eigenvalue weighted by Crippen LogP contribution is -2.38. The zero-order chi connectivity index (χ0) is 15.9. The van der Waals surface area contributed by atoms with Gasteiger partial charge < -0.3 is 9.84 Å². The van der Waals surface area contributed by atoms with Crippen LogP contribution in [0.25, 0.3) is 5.57 Å². The summed E-state index contributed by atoms with van der Waals surface area (Å²) in [6.45, 7) is 5.23. The third-order valence-corrected chi connectivity index (χ3v) is 3.34. The first-order valence-electron chi connectivity index (χ1n) is 7.10. The number of carboxylic acid groups (broad SMARTS) is 1. The average molecular weight is 290 g/mol. The molecule has 0 amide bonds. The molecule has 0 aliphatic carbocycles. The number of hydrogen-bond donors (Lipinski definition) is 1. The van der Waals surface area contributed by atoms with E-state index >= 15 is 0 Å². The highest BCUT2D eigenvalue weighted by Gasteiger charge is 2.43. The van der Waals surface area contributed by atoms with Gasteiger partial charge in [-0.25, -0.2) is 0 Å². The summed E-state index contributed by atoms with van der Waals surface area (Å²) < 4.78 is 4.94. The summed E-state index contributed by atoms with van der Waals surface area (Å²) in [7, 11) is 0. The zero-order valence-corrected chi connectivity index (χ0v) is 12.8. The van der Waals surface area contributed by atoms with Gasteiger partial charge in [-0.15, -0.1) is 0 Å². The molecule has 4 heteroatoms. The molecule has 4 nitrogen and oxygen atoms in total. The first-order valence-corrected chi connectivity index (χ1v) is 7.10. The lowest BCUT2D eigenvalue weighted by Gasteiger charge is -2.24. The van der Waals surface area contributed by atoms with Crippen LogP contribution in [-0.2, 0) is 14.3 Å². The van der Waals surface area contributed by atoms with E-state index in [0.717, 1.165) is 17.6 Å². The lowest BCUT2D eigenvalue weighted by atomic mass is 9.81. The minimum absolute atomic E-state index is 0.110. The molecule has 0 radical (unpaired) electrons. The van der Waals surface area contributed by atoms with Gasteiger partial charge >= 0.3 is 11.9 Å². The van der Waals surface area contributed by atoms with Gasteiger partial charge in [-0.05, 0) is 37.8 Å². The quantitative estimate of drug-likeness (QED) is 0.616. The number of carbonyl (C=O) groups excluding carboxylic acids is 1. The Labute approximate surface area is 125 Å². The van der Waals surface area contributed by atoms with Crippen LogP contribution in [0.3, 0.4) is 0 Å². The van der Waals surface area contributed by atoms with E-state index < -0.39 is 17.4 Å². The maximum Gasteiger partial charge on any atom is 0.323 e. The van der Waals surface area contributed by atoms with Crippen LogP contribution in [0.4, 0.5) is 0 Å². The van der Waals surface area contributed by atoms with Gasteiger partial charge in [0, 0.05) is 0 Å². The molecular formula is C17H22O4. The maximum atomic E-state index is 12.0. The van der Waals surface area contributed by atoms with Crippen molar-refractivity contribution in [3.05, 3.63) is 42.0 Å². The molecule has 0 saturated carbocycles. The normalized spacial score (nSPS) is 14.3. The number of hydrogen-bond acceptors (Lipinski definition) is 3. The molecular weight excluding hydrogens is 268 g/mol. The molecule has 1 atom stereocenters. The predicted molar refractivity (Wildman–Crippen MR) is 81.7 cm³/mol. The Morgan fingerprint density at radius 2 is 1.86 bits per heavy atom. The molecule has 1 unspecified atom stereocenters. The highest BCUT2D eigenvalue weighted by molar-refractivity contribution is 6.00. The van der Waals surface area contributed by atoms with Crippen molar-refractivity contribution in [2.24, 2.45) is 5.41 Å². The predicted octanol–water partition coefficient (Wildman–Crippen LogP) is 3.52. The first-order chi connectivity index (χ1) is 9.95. The second-order valence-corrected chi connectivity index (χ2v) is 5.04. The van der Waals surface area contributed by atoms with Crippen LogP contribution in [-0.4, -0.2) is 23.7 Å².